The van der Waals surface area contributed by atoms with Gasteiger partial charge in [0.2, 0.25) is 11.8 Å². The minimum atomic E-state index is -0.578. The van der Waals surface area contributed by atoms with Gasteiger partial charge in [0.15, 0.2) is 0 Å². The van der Waals surface area contributed by atoms with Gasteiger partial charge in [-0.1, -0.05) is 0 Å². The second-order valence-electron chi connectivity index (χ2n) is 4.78. The average Bonchev–Trinajstić information content (AvgIpc) is 2.50. The Balaban J connectivity index is 1.59. The van der Waals surface area contributed by atoms with Crippen molar-refractivity contribution in [2.45, 2.75) is 6.10 Å². The maximum absolute atomic E-state index is 11.1. The third-order valence-corrected chi connectivity index (χ3v) is 3.24. The molecule has 1 saturated heterocycles. The summed E-state index contributed by atoms with van der Waals surface area (Å²) in [5.74, 6) is 1.12. The Morgan fingerprint density at radius 1 is 1.32 bits per heavy atom. The number of pyridine rings is 1. The van der Waals surface area contributed by atoms with Crippen molar-refractivity contribution in [1.82, 2.24) is 15.0 Å². The fourth-order valence-corrected chi connectivity index (χ4v) is 2.09. The van der Waals surface area contributed by atoms with Crippen LogP contribution in [0.4, 0.5) is 5.95 Å². The topological polar surface area (TPSA) is 103 Å². The van der Waals surface area contributed by atoms with Crippen molar-refractivity contribution in [3.8, 4) is 11.6 Å². The lowest BCUT2D eigenvalue weighted by atomic mass is 10.2. The van der Waals surface area contributed by atoms with E-state index in [0.717, 1.165) is 0 Å². The highest BCUT2D eigenvalue weighted by Crippen LogP contribution is 2.22. The number of primary amides is 1. The van der Waals surface area contributed by atoms with Gasteiger partial charge in [-0.25, -0.2) is 4.98 Å². The van der Waals surface area contributed by atoms with E-state index in [2.05, 4.69) is 15.0 Å². The maximum Gasteiger partial charge on any atom is 0.267 e. The smallest absolute Gasteiger partial charge is 0.267 e. The number of nitrogens with zero attached hydrogens (tertiary/aromatic N) is 4. The number of aromatic nitrogens is 3. The highest BCUT2D eigenvalue weighted by molar-refractivity contribution is 5.91. The number of hydrogen-bond acceptors (Lipinski definition) is 7. The first-order chi connectivity index (χ1) is 10.7. The quantitative estimate of drug-likeness (QED) is 0.844. The molecular weight excluding hydrogens is 286 g/mol. The molecule has 3 rings (SSSR count). The third-order valence-electron chi connectivity index (χ3n) is 3.24. The van der Waals surface area contributed by atoms with E-state index in [9.17, 15) is 4.79 Å². The van der Waals surface area contributed by atoms with Gasteiger partial charge in [-0.2, -0.15) is 4.98 Å². The van der Waals surface area contributed by atoms with Crippen LogP contribution in [0.3, 0.4) is 0 Å². The number of nitrogens with two attached hydrogens (primary N) is 1. The summed E-state index contributed by atoms with van der Waals surface area (Å²) in [6.07, 6.45) is 3.15. The Bertz CT molecular complexity index is 688. The first kappa shape index (κ1) is 14.1. The van der Waals surface area contributed by atoms with E-state index in [1.54, 1.807) is 25.4 Å². The number of anilines is 1. The van der Waals surface area contributed by atoms with E-state index >= 15 is 0 Å². The van der Waals surface area contributed by atoms with Crippen molar-refractivity contribution in [2.24, 2.45) is 5.73 Å². The molecule has 2 aromatic rings. The lowest BCUT2D eigenvalue weighted by Crippen LogP contribution is -2.54. The van der Waals surface area contributed by atoms with E-state index in [1.165, 1.54) is 12.3 Å². The summed E-state index contributed by atoms with van der Waals surface area (Å²) >= 11 is 0. The van der Waals surface area contributed by atoms with Crippen molar-refractivity contribution < 1.29 is 14.3 Å². The summed E-state index contributed by atoms with van der Waals surface area (Å²) in [7, 11) is 1.56. The average molecular weight is 301 g/mol. The number of carbonyl (C=O) groups excluding carboxylic acids is 1. The van der Waals surface area contributed by atoms with Gasteiger partial charge in [-0.05, 0) is 6.07 Å². The minimum Gasteiger partial charge on any atom is -0.487 e. The van der Waals surface area contributed by atoms with Crippen LogP contribution in [-0.4, -0.2) is 47.2 Å². The predicted molar refractivity (Wildman–Crippen MR) is 78.0 cm³/mol. The fourth-order valence-electron chi connectivity index (χ4n) is 2.09. The lowest BCUT2D eigenvalue weighted by molar-refractivity contribution is 0.0994. The highest BCUT2D eigenvalue weighted by atomic mass is 16.5. The van der Waals surface area contributed by atoms with Crippen LogP contribution in [0.2, 0.25) is 0 Å². The SMILES string of the molecule is COc1ccnc(N2CC(Oc3ccnc(C(N)=O)c3)C2)n1. The van der Waals surface area contributed by atoms with E-state index < -0.39 is 5.91 Å². The van der Waals surface area contributed by atoms with Gasteiger partial charge < -0.3 is 20.1 Å². The van der Waals surface area contributed by atoms with Crippen molar-refractivity contribution in [3.05, 3.63) is 36.3 Å². The van der Waals surface area contributed by atoms with E-state index in [-0.39, 0.29) is 11.8 Å². The van der Waals surface area contributed by atoms with Gasteiger partial charge in [0.05, 0.1) is 20.2 Å². The standard InChI is InChI=1S/C14H15N5O3/c1-21-12-3-5-17-14(18-12)19-7-10(8-19)22-9-2-4-16-11(6-9)13(15)20/h2-6,10H,7-8H2,1H3,(H2,15,20). The number of hydrogen-bond donors (Lipinski definition) is 1. The maximum atomic E-state index is 11.1. The Kier molecular flexibility index (Phi) is 3.73. The Morgan fingerprint density at radius 3 is 2.82 bits per heavy atom. The molecule has 0 radical (unpaired) electrons. The molecule has 1 aliphatic rings. The molecule has 3 heterocycles. The highest BCUT2D eigenvalue weighted by Gasteiger charge is 2.30. The van der Waals surface area contributed by atoms with E-state index in [4.69, 9.17) is 15.2 Å². The van der Waals surface area contributed by atoms with Crippen molar-refractivity contribution in [2.75, 3.05) is 25.1 Å². The summed E-state index contributed by atoms with van der Waals surface area (Å²) in [6.45, 7) is 1.31. The molecule has 2 N–H and O–H groups in total. The summed E-state index contributed by atoms with van der Waals surface area (Å²) in [5, 5.41) is 0. The summed E-state index contributed by atoms with van der Waals surface area (Å²) < 4.78 is 10.8. The second kappa shape index (κ2) is 5.84. The molecule has 22 heavy (non-hydrogen) atoms. The molecule has 0 saturated carbocycles. The molecule has 2 aromatic heterocycles. The van der Waals surface area contributed by atoms with Crippen molar-refractivity contribution >= 4 is 11.9 Å². The van der Waals surface area contributed by atoms with Crippen molar-refractivity contribution in [1.29, 1.82) is 0 Å². The molecule has 0 bridgehead atoms. The van der Waals surface area contributed by atoms with E-state index in [0.29, 0.717) is 30.7 Å². The Hall–Kier alpha value is -2.90. The zero-order chi connectivity index (χ0) is 15.5. The normalized spacial score (nSPS) is 14.3. The van der Waals surface area contributed by atoms with Crippen LogP contribution < -0.4 is 20.1 Å². The summed E-state index contributed by atoms with van der Waals surface area (Å²) in [6, 6.07) is 4.92. The Labute approximate surface area is 126 Å². The first-order valence-corrected chi connectivity index (χ1v) is 6.70. The third kappa shape index (κ3) is 2.90. The minimum absolute atomic E-state index is 0.00192. The summed E-state index contributed by atoms with van der Waals surface area (Å²) in [4.78, 5) is 25.4. The van der Waals surface area contributed by atoms with Crippen LogP contribution in [-0.2, 0) is 0 Å². The largest absolute Gasteiger partial charge is 0.487 e. The number of methoxy groups -OCH3 is 1. The lowest BCUT2D eigenvalue weighted by Gasteiger charge is -2.38. The zero-order valence-electron chi connectivity index (χ0n) is 12.0. The van der Waals surface area contributed by atoms with Crippen LogP contribution in [0.25, 0.3) is 0 Å². The molecular formula is C14H15N5O3. The van der Waals surface area contributed by atoms with Gasteiger partial charge >= 0.3 is 0 Å². The van der Waals surface area contributed by atoms with Gasteiger partial charge in [0, 0.05) is 24.5 Å². The molecule has 0 aromatic carbocycles. The first-order valence-electron chi connectivity index (χ1n) is 6.70. The second-order valence-corrected chi connectivity index (χ2v) is 4.78. The monoisotopic (exact) mass is 301 g/mol. The molecule has 1 aliphatic heterocycles. The molecule has 0 unspecified atom stereocenters. The van der Waals surface area contributed by atoms with Gasteiger partial charge in [-0.15, -0.1) is 0 Å². The molecule has 114 valence electrons. The molecule has 1 fully saturated rings. The van der Waals surface area contributed by atoms with Crippen molar-refractivity contribution in [3.63, 3.8) is 0 Å². The van der Waals surface area contributed by atoms with Crippen LogP contribution in [0.1, 0.15) is 10.5 Å². The number of ether oxygens (including phenoxy) is 2. The zero-order valence-corrected chi connectivity index (χ0v) is 12.0. The number of amides is 1. The van der Waals surface area contributed by atoms with Gasteiger partial charge in [-0.3, -0.25) is 9.78 Å². The van der Waals surface area contributed by atoms with Gasteiger partial charge in [0.25, 0.3) is 5.91 Å². The van der Waals surface area contributed by atoms with Crippen LogP contribution in [0, 0.1) is 0 Å². The summed E-state index contributed by atoms with van der Waals surface area (Å²) in [5.41, 5.74) is 5.38. The molecule has 8 heteroatoms. The van der Waals surface area contributed by atoms with Crippen LogP contribution >= 0.6 is 0 Å². The number of carbonyl (C=O) groups is 1. The van der Waals surface area contributed by atoms with Crippen LogP contribution in [0.5, 0.6) is 11.6 Å². The predicted octanol–water partition coefficient (Wildman–Crippen LogP) is 0.247. The Morgan fingerprint density at radius 2 is 2.09 bits per heavy atom. The molecule has 0 spiro atoms. The molecule has 8 nitrogen and oxygen atoms in total. The number of rotatable bonds is 5. The molecule has 0 atom stereocenters. The van der Waals surface area contributed by atoms with Crippen LogP contribution in [0.15, 0.2) is 30.6 Å². The fraction of sp³-hybridized carbons (Fsp3) is 0.286. The van der Waals surface area contributed by atoms with Gasteiger partial charge in [0.1, 0.15) is 17.5 Å². The van der Waals surface area contributed by atoms with E-state index in [1.807, 2.05) is 4.90 Å². The molecule has 0 aliphatic carbocycles. The molecule has 1 amide bonds.